The Morgan fingerprint density at radius 2 is 2.42 bits per heavy atom. The highest BCUT2D eigenvalue weighted by Crippen LogP contribution is 2.16. The van der Waals surface area contributed by atoms with Gasteiger partial charge in [0.1, 0.15) is 0 Å². The molecule has 68 valence electrons. The first kappa shape index (κ1) is 9.26. The quantitative estimate of drug-likeness (QED) is 0.640. The first-order valence-corrected chi connectivity index (χ1v) is 4.19. The Morgan fingerprint density at radius 3 is 2.83 bits per heavy atom. The molecule has 0 aromatic carbocycles. The van der Waals surface area contributed by atoms with Gasteiger partial charge in [-0.15, -0.1) is 0 Å². The van der Waals surface area contributed by atoms with Gasteiger partial charge in [0.25, 0.3) is 0 Å². The summed E-state index contributed by atoms with van der Waals surface area (Å²) in [6.07, 6.45) is 0.780. The summed E-state index contributed by atoms with van der Waals surface area (Å²) in [4.78, 5) is 12.7. The fourth-order valence-corrected chi connectivity index (χ4v) is 1.56. The molecule has 0 saturated carbocycles. The second-order valence-electron chi connectivity index (χ2n) is 3.52. The minimum absolute atomic E-state index is 0.163. The molecule has 3 heteroatoms. The van der Waals surface area contributed by atoms with Gasteiger partial charge in [0.15, 0.2) is 0 Å². The van der Waals surface area contributed by atoms with Crippen LogP contribution >= 0.6 is 0 Å². The predicted molar refractivity (Wildman–Crippen MR) is 47.0 cm³/mol. The summed E-state index contributed by atoms with van der Waals surface area (Å²) in [5.74, 6) is -0.830. The maximum Gasteiger partial charge on any atom is 0.307 e. The third-order valence-electron chi connectivity index (χ3n) is 2.12. The second kappa shape index (κ2) is 3.72. The molecule has 1 N–H and O–H groups in total. The Hall–Kier alpha value is -0.830. The first-order valence-electron chi connectivity index (χ1n) is 4.19. The van der Waals surface area contributed by atoms with Crippen molar-refractivity contribution in [3.63, 3.8) is 0 Å². The zero-order valence-electron chi connectivity index (χ0n) is 7.42. The van der Waals surface area contributed by atoms with E-state index in [1.165, 1.54) is 0 Å². The van der Waals surface area contributed by atoms with Gasteiger partial charge in [0.05, 0.1) is 5.92 Å². The maximum absolute atomic E-state index is 10.6. The topological polar surface area (TPSA) is 40.5 Å². The van der Waals surface area contributed by atoms with Crippen LogP contribution in [-0.2, 0) is 4.79 Å². The molecule has 1 atom stereocenters. The lowest BCUT2D eigenvalue weighted by molar-refractivity contribution is -0.141. The van der Waals surface area contributed by atoms with Gasteiger partial charge in [-0.25, -0.2) is 0 Å². The number of hydrogen-bond donors (Lipinski definition) is 1. The normalized spacial score (nSPS) is 24.2. The molecule has 1 unspecified atom stereocenters. The molecule has 1 fully saturated rings. The van der Waals surface area contributed by atoms with Gasteiger partial charge in [-0.05, 0) is 19.9 Å². The largest absolute Gasteiger partial charge is 0.481 e. The van der Waals surface area contributed by atoms with E-state index in [4.69, 9.17) is 5.11 Å². The average molecular weight is 169 g/mol. The molecule has 0 bridgehead atoms. The molecule has 0 radical (unpaired) electrons. The second-order valence-corrected chi connectivity index (χ2v) is 3.52. The van der Waals surface area contributed by atoms with Crippen molar-refractivity contribution < 1.29 is 9.90 Å². The van der Waals surface area contributed by atoms with E-state index in [1.54, 1.807) is 0 Å². The van der Waals surface area contributed by atoms with Crippen molar-refractivity contribution in [2.75, 3.05) is 19.6 Å². The Kier molecular flexibility index (Phi) is 2.87. The van der Waals surface area contributed by atoms with E-state index < -0.39 is 5.97 Å². The monoisotopic (exact) mass is 169 g/mol. The minimum Gasteiger partial charge on any atom is -0.481 e. The van der Waals surface area contributed by atoms with Gasteiger partial charge in [-0.2, -0.15) is 0 Å². The molecule has 1 rings (SSSR count). The van der Waals surface area contributed by atoms with Crippen molar-refractivity contribution in [2.24, 2.45) is 5.92 Å². The summed E-state index contributed by atoms with van der Waals surface area (Å²) in [6, 6.07) is 0. The van der Waals surface area contributed by atoms with Crippen molar-refractivity contribution in [1.82, 2.24) is 4.90 Å². The van der Waals surface area contributed by atoms with Crippen LogP contribution in [0.2, 0.25) is 0 Å². The molecule has 0 aromatic rings. The number of aliphatic carboxylic acids is 1. The van der Waals surface area contributed by atoms with Crippen LogP contribution in [0.25, 0.3) is 0 Å². The Labute approximate surface area is 72.7 Å². The summed E-state index contributed by atoms with van der Waals surface area (Å²) in [5, 5.41) is 8.72. The first-order chi connectivity index (χ1) is 5.59. The van der Waals surface area contributed by atoms with Gasteiger partial charge >= 0.3 is 5.97 Å². The summed E-state index contributed by atoms with van der Waals surface area (Å²) >= 11 is 0. The van der Waals surface area contributed by atoms with E-state index in [0.29, 0.717) is 6.54 Å². The molecule has 0 spiro atoms. The molecule has 1 saturated heterocycles. The Bertz CT molecular complexity index is 201. The summed E-state index contributed by atoms with van der Waals surface area (Å²) in [5.41, 5.74) is 1.10. The van der Waals surface area contributed by atoms with Gasteiger partial charge < -0.3 is 5.11 Å². The lowest BCUT2D eigenvalue weighted by atomic mass is 10.1. The number of carbonyl (C=O) groups is 1. The van der Waals surface area contributed by atoms with E-state index in [1.807, 2.05) is 6.92 Å². The fourth-order valence-electron chi connectivity index (χ4n) is 1.56. The van der Waals surface area contributed by atoms with Crippen LogP contribution in [0.1, 0.15) is 13.3 Å². The smallest absolute Gasteiger partial charge is 0.307 e. The Morgan fingerprint density at radius 1 is 1.75 bits per heavy atom. The predicted octanol–water partition coefficient (Wildman–Crippen LogP) is 0.969. The summed E-state index contributed by atoms with van der Waals surface area (Å²) in [7, 11) is 0. The minimum atomic E-state index is -0.667. The van der Waals surface area contributed by atoms with Crippen molar-refractivity contribution >= 4 is 5.97 Å². The van der Waals surface area contributed by atoms with Crippen molar-refractivity contribution in [3.8, 4) is 0 Å². The molecule has 12 heavy (non-hydrogen) atoms. The molecule has 0 amide bonds. The fraction of sp³-hybridized carbons (Fsp3) is 0.667. The summed E-state index contributed by atoms with van der Waals surface area (Å²) in [6.45, 7) is 8.18. The van der Waals surface area contributed by atoms with Crippen molar-refractivity contribution in [1.29, 1.82) is 0 Å². The number of nitrogens with zero attached hydrogens (tertiary/aromatic N) is 1. The molecule has 1 aliphatic rings. The van der Waals surface area contributed by atoms with E-state index in [9.17, 15) is 4.79 Å². The zero-order chi connectivity index (χ0) is 9.14. The highest BCUT2D eigenvalue weighted by atomic mass is 16.4. The van der Waals surface area contributed by atoms with Gasteiger partial charge in [-0.3, -0.25) is 9.69 Å². The lowest BCUT2D eigenvalue weighted by Crippen LogP contribution is -2.24. The van der Waals surface area contributed by atoms with Crippen LogP contribution in [0.3, 0.4) is 0 Å². The third kappa shape index (κ3) is 2.34. The van der Waals surface area contributed by atoms with Crippen molar-refractivity contribution in [3.05, 3.63) is 12.2 Å². The highest BCUT2D eigenvalue weighted by Gasteiger charge is 2.27. The van der Waals surface area contributed by atoms with Gasteiger partial charge in [-0.1, -0.05) is 12.2 Å². The van der Waals surface area contributed by atoms with E-state index in [2.05, 4.69) is 11.5 Å². The van der Waals surface area contributed by atoms with Crippen LogP contribution in [0.15, 0.2) is 12.2 Å². The van der Waals surface area contributed by atoms with Crippen LogP contribution in [-0.4, -0.2) is 35.6 Å². The van der Waals surface area contributed by atoms with Crippen molar-refractivity contribution in [2.45, 2.75) is 13.3 Å². The lowest BCUT2D eigenvalue weighted by Gasteiger charge is -2.14. The molecular formula is C9H15NO2. The van der Waals surface area contributed by atoms with E-state index in [0.717, 1.165) is 25.1 Å². The third-order valence-corrected chi connectivity index (χ3v) is 2.12. The molecule has 3 nitrogen and oxygen atoms in total. The van der Waals surface area contributed by atoms with E-state index in [-0.39, 0.29) is 5.92 Å². The Balaban J connectivity index is 2.35. The molecule has 0 aromatic heterocycles. The van der Waals surface area contributed by atoms with Gasteiger partial charge in [0, 0.05) is 13.1 Å². The highest BCUT2D eigenvalue weighted by molar-refractivity contribution is 5.70. The van der Waals surface area contributed by atoms with Gasteiger partial charge in [0.2, 0.25) is 0 Å². The number of hydrogen-bond acceptors (Lipinski definition) is 2. The average Bonchev–Trinajstić information content (AvgIpc) is 2.34. The molecule has 1 heterocycles. The van der Waals surface area contributed by atoms with Crippen LogP contribution in [0, 0.1) is 5.92 Å². The number of carboxylic acids is 1. The molecule has 1 aliphatic heterocycles. The molecular weight excluding hydrogens is 154 g/mol. The number of carboxylic acid groups (broad SMARTS) is 1. The maximum atomic E-state index is 10.6. The van der Waals surface area contributed by atoms with E-state index >= 15 is 0 Å². The molecule has 0 aliphatic carbocycles. The number of rotatable bonds is 3. The SMILES string of the molecule is C=C(C)CN1CCC(C(=O)O)C1. The standard InChI is InChI=1S/C9H15NO2/c1-7(2)5-10-4-3-8(6-10)9(11)12/h8H,1,3-6H2,2H3,(H,11,12). The number of likely N-dealkylation sites (tertiary alicyclic amines) is 1. The van der Waals surface area contributed by atoms with Crippen LogP contribution < -0.4 is 0 Å². The zero-order valence-corrected chi connectivity index (χ0v) is 7.42. The van der Waals surface area contributed by atoms with Crippen LogP contribution in [0.4, 0.5) is 0 Å². The summed E-state index contributed by atoms with van der Waals surface area (Å²) < 4.78 is 0. The van der Waals surface area contributed by atoms with Crippen LogP contribution in [0.5, 0.6) is 0 Å².